The van der Waals surface area contributed by atoms with Crippen molar-refractivity contribution >= 4 is 22.3 Å². The number of nitriles is 1. The van der Waals surface area contributed by atoms with Gasteiger partial charge in [0, 0.05) is 5.57 Å². The fraction of sp³-hybridized carbons (Fsp3) is 0.0476. The van der Waals surface area contributed by atoms with Gasteiger partial charge in [-0.3, -0.25) is 0 Å². The lowest BCUT2D eigenvalue weighted by atomic mass is 9.92. The van der Waals surface area contributed by atoms with Gasteiger partial charge in [0.1, 0.15) is 17.4 Å². The number of benzene rings is 3. The first-order chi connectivity index (χ1) is 12.1. The molecule has 122 valence electrons. The molecule has 4 nitrogen and oxygen atoms in total. The Balaban J connectivity index is 2.26. The lowest BCUT2D eigenvalue weighted by Gasteiger charge is -2.12. The monoisotopic (exact) mass is 329 g/mol. The predicted octanol–water partition coefficient (Wildman–Crippen LogP) is 4.26. The molecule has 4 heteroatoms. The summed E-state index contributed by atoms with van der Waals surface area (Å²) in [4.78, 5) is 11.6. The van der Waals surface area contributed by atoms with Gasteiger partial charge in [-0.05, 0) is 40.1 Å². The number of rotatable bonds is 4. The molecule has 0 aliphatic heterocycles. The Morgan fingerprint density at radius 1 is 0.960 bits per heavy atom. The highest BCUT2D eigenvalue weighted by molar-refractivity contribution is 6.05. The molecule has 0 spiro atoms. The minimum atomic E-state index is -1.25. The molecular weight excluding hydrogens is 314 g/mol. The third kappa shape index (κ3) is 3.22. The molecule has 25 heavy (non-hydrogen) atoms. The van der Waals surface area contributed by atoms with E-state index in [1.807, 2.05) is 48.5 Å². The van der Waals surface area contributed by atoms with Gasteiger partial charge in [0.25, 0.3) is 0 Å². The van der Waals surface area contributed by atoms with E-state index in [4.69, 9.17) is 4.74 Å². The second-order valence-corrected chi connectivity index (χ2v) is 5.46. The molecule has 0 atom stereocenters. The lowest BCUT2D eigenvalue weighted by Crippen LogP contribution is -2.04. The van der Waals surface area contributed by atoms with Crippen LogP contribution in [0.5, 0.6) is 5.75 Å². The number of methoxy groups -OCH3 is 1. The van der Waals surface area contributed by atoms with Crippen LogP contribution in [0.1, 0.15) is 11.1 Å². The van der Waals surface area contributed by atoms with Crippen molar-refractivity contribution < 1.29 is 14.6 Å². The van der Waals surface area contributed by atoms with Gasteiger partial charge in [-0.2, -0.15) is 5.26 Å². The van der Waals surface area contributed by atoms with E-state index in [1.165, 1.54) is 0 Å². The average Bonchev–Trinajstić information content (AvgIpc) is 2.65. The number of carbonyl (C=O) groups is 1. The largest absolute Gasteiger partial charge is 0.497 e. The molecule has 0 saturated heterocycles. The van der Waals surface area contributed by atoms with E-state index in [9.17, 15) is 15.2 Å². The maximum Gasteiger partial charge on any atom is 0.347 e. The summed E-state index contributed by atoms with van der Waals surface area (Å²) in [5.74, 6) is -0.586. The maximum atomic E-state index is 11.6. The summed E-state index contributed by atoms with van der Waals surface area (Å²) in [6, 6.07) is 22.3. The van der Waals surface area contributed by atoms with Gasteiger partial charge >= 0.3 is 5.97 Å². The molecule has 0 heterocycles. The highest BCUT2D eigenvalue weighted by atomic mass is 16.5. The summed E-state index contributed by atoms with van der Waals surface area (Å²) < 4.78 is 5.15. The number of ether oxygens (including phenoxy) is 1. The highest BCUT2D eigenvalue weighted by Crippen LogP contribution is 2.30. The normalized spacial score (nSPS) is 11.5. The van der Waals surface area contributed by atoms with Crippen molar-refractivity contribution in [1.82, 2.24) is 0 Å². The van der Waals surface area contributed by atoms with E-state index in [0.717, 1.165) is 10.8 Å². The second-order valence-electron chi connectivity index (χ2n) is 5.46. The van der Waals surface area contributed by atoms with E-state index in [-0.39, 0.29) is 5.57 Å². The first-order valence-corrected chi connectivity index (χ1v) is 7.65. The van der Waals surface area contributed by atoms with Gasteiger partial charge < -0.3 is 9.84 Å². The maximum absolute atomic E-state index is 11.6. The number of aliphatic carboxylic acids is 1. The van der Waals surface area contributed by atoms with Gasteiger partial charge in [0.15, 0.2) is 0 Å². The van der Waals surface area contributed by atoms with Crippen molar-refractivity contribution in [2.75, 3.05) is 7.11 Å². The molecule has 0 aliphatic carbocycles. The molecule has 0 amide bonds. The summed E-state index contributed by atoms with van der Waals surface area (Å²) in [5, 5.41) is 20.9. The Hall–Kier alpha value is -3.58. The van der Waals surface area contributed by atoms with E-state index >= 15 is 0 Å². The molecule has 3 aromatic carbocycles. The number of carboxylic acid groups (broad SMARTS) is 1. The lowest BCUT2D eigenvalue weighted by molar-refractivity contribution is -0.132. The third-order valence-corrected chi connectivity index (χ3v) is 3.99. The summed E-state index contributed by atoms with van der Waals surface area (Å²) >= 11 is 0. The van der Waals surface area contributed by atoms with Gasteiger partial charge in [-0.15, -0.1) is 0 Å². The van der Waals surface area contributed by atoms with Crippen molar-refractivity contribution in [2.45, 2.75) is 0 Å². The summed E-state index contributed by atoms with van der Waals surface area (Å²) in [6.07, 6.45) is 0. The standard InChI is InChI=1S/C21H15NO3/c1-25-18-10-8-15(9-11-18)20(19(13-22)21(23)24)17-7-6-14-4-2-3-5-16(14)12-17/h2-12H,1H3,(H,23,24). The molecule has 1 N–H and O–H groups in total. The van der Waals surface area contributed by atoms with Crippen LogP contribution in [0.2, 0.25) is 0 Å². The first-order valence-electron chi connectivity index (χ1n) is 7.65. The van der Waals surface area contributed by atoms with Crippen molar-refractivity contribution in [3.63, 3.8) is 0 Å². The van der Waals surface area contributed by atoms with Gasteiger partial charge in [0.2, 0.25) is 0 Å². The van der Waals surface area contributed by atoms with Crippen LogP contribution in [0.25, 0.3) is 16.3 Å². The van der Waals surface area contributed by atoms with Crippen LogP contribution < -0.4 is 4.74 Å². The van der Waals surface area contributed by atoms with E-state index < -0.39 is 5.97 Å². The van der Waals surface area contributed by atoms with Crippen molar-refractivity contribution in [2.24, 2.45) is 0 Å². The van der Waals surface area contributed by atoms with Crippen LogP contribution in [-0.2, 0) is 4.79 Å². The molecule has 3 rings (SSSR count). The average molecular weight is 329 g/mol. The first kappa shape index (κ1) is 16.3. The number of carboxylic acids is 1. The summed E-state index contributed by atoms with van der Waals surface area (Å²) in [7, 11) is 1.56. The molecule has 0 aromatic heterocycles. The Labute approximate surface area is 145 Å². The van der Waals surface area contributed by atoms with Gasteiger partial charge in [-0.25, -0.2) is 4.79 Å². The Morgan fingerprint density at radius 2 is 1.60 bits per heavy atom. The SMILES string of the molecule is COc1ccc(C(=C(C#N)C(=O)O)c2ccc3ccccc3c2)cc1. The molecule has 0 bridgehead atoms. The molecule has 3 aromatic rings. The fourth-order valence-electron chi connectivity index (χ4n) is 2.77. The van der Waals surface area contributed by atoms with Crippen LogP contribution in [0.15, 0.2) is 72.3 Å². The predicted molar refractivity (Wildman–Crippen MR) is 96.2 cm³/mol. The zero-order valence-electron chi connectivity index (χ0n) is 13.6. The Kier molecular flexibility index (Phi) is 4.49. The van der Waals surface area contributed by atoms with Crippen molar-refractivity contribution in [3.8, 4) is 11.8 Å². The number of fused-ring (bicyclic) bond motifs is 1. The van der Waals surface area contributed by atoms with Crippen LogP contribution in [0.3, 0.4) is 0 Å². The van der Waals surface area contributed by atoms with Crippen LogP contribution in [0, 0.1) is 11.3 Å². The molecule has 0 fully saturated rings. The summed E-state index contributed by atoms with van der Waals surface area (Å²) in [5.41, 5.74) is 1.43. The van der Waals surface area contributed by atoms with E-state index in [0.29, 0.717) is 22.4 Å². The molecule has 0 unspecified atom stereocenters. The van der Waals surface area contributed by atoms with Crippen molar-refractivity contribution in [1.29, 1.82) is 5.26 Å². The Bertz CT molecular complexity index is 1010. The van der Waals surface area contributed by atoms with Crippen LogP contribution in [0.4, 0.5) is 0 Å². The minimum Gasteiger partial charge on any atom is -0.497 e. The van der Waals surface area contributed by atoms with Gasteiger partial charge in [0.05, 0.1) is 7.11 Å². The highest BCUT2D eigenvalue weighted by Gasteiger charge is 2.18. The number of hydrogen-bond acceptors (Lipinski definition) is 3. The third-order valence-electron chi connectivity index (χ3n) is 3.99. The number of nitrogens with zero attached hydrogens (tertiary/aromatic N) is 1. The van der Waals surface area contributed by atoms with E-state index in [2.05, 4.69) is 0 Å². The summed E-state index contributed by atoms with van der Waals surface area (Å²) in [6.45, 7) is 0. The fourth-order valence-corrected chi connectivity index (χ4v) is 2.77. The zero-order valence-corrected chi connectivity index (χ0v) is 13.6. The molecule has 0 saturated carbocycles. The smallest absolute Gasteiger partial charge is 0.347 e. The molecular formula is C21H15NO3. The molecule has 0 aliphatic rings. The van der Waals surface area contributed by atoms with Gasteiger partial charge in [-0.1, -0.05) is 48.5 Å². The van der Waals surface area contributed by atoms with Crippen molar-refractivity contribution in [3.05, 3.63) is 83.4 Å². The Morgan fingerprint density at radius 3 is 2.20 bits per heavy atom. The quantitative estimate of drug-likeness (QED) is 0.573. The van der Waals surface area contributed by atoms with E-state index in [1.54, 1.807) is 31.4 Å². The van der Waals surface area contributed by atoms with Crippen LogP contribution >= 0.6 is 0 Å². The second kappa shape index (κ2) is 6.90. The topological polar surface area (TPSA) is 70.3 Å². The van der Waals surface area contributed by atoms with Crippen LogP contribution in [-0.4, -0.2) is 18.2 Å². The molecule has 0 radical (unpaired) electrons. The number of hydrogen-bond donors (Lipinski definition) is 1. The minimum absolute atomic E-state index is 0.291. The zero-order chi connectivity index (χ0) is 17.8.